The lowest BCUT2D eigenvalue weighted by molar-refractivity contribution is 0.284. The number of rotatable bonds is 4. The third-order valence-corrected chi connectivity index (χ3v) is 2.91. The van der Waals surface area contributed by atoms with E-state index in [1.807, 2.05) is 18.2 Å². The maximum absolute atomic E-state index is 8.82. The predicted octanol–water partition coefficient (Wildman–Crippen LogP) is 3.03. The van der Waals surface area contributed by atoms with Gasteiger partial charge in [0, 0.05) is 6.61 Å². The number of aliphatic hydroxyl groups excluding tert-OH is 1. The van der Waals surface area contributed by atoms with E-state index in [0.29, 0.717) is 5.56 Å². The van der Waals surface area contributed by atoms with Crippen molar-refractivity contribution in [1.82, 2.24) is 0 Å². The van der Waals surface area contributed by atoms with Crippen LogP contribution in [0.25, 0.3) is 10.8 Å². The first kappa shape index (κ1) is 11.6. The van der Waals surface area contributed by atoms with Gasteiger partial charge in [0.2, 0.25) is 0 Å². The van der Waals surface area contributed by atoms with Gasteiger partial charge in [0.25, 0.3) is 0 Å². The van der Waals surface area contributed by atoms with E-state index >= 15 is 0 Å². The summed E-state index contributed by atoms with van der Waals surface area (Å²) in [6, 6.07) is 14.2. The Bertz CT molecular complexity index is 554. The largest absolute Gasteiger partial charge is 0.396 e. The van der Waals surface area contributed by atoms with Crippen molar-refractivity contribution in [2.45, 2.75) is 19.3 Å². The molecule has 17 heavy (non-hydrogen) atoms. The molecule has 0 atom stereocenters. The van der Waals surface area contributed by atoms with Crippen LogP contribution >= 0.6 is 0 Å². The summed E-state index contributed by atoms with van der Waals surface area (Å²) >= 11 is 0. The standard InChI is InChI=1S/C15H15NO/c16-11-13-5-7-14-9-12(3-1-2-8-17)4-6-15(14)10-13/h4-7,9-10,17H,1-3,8H2. The van der Waals surface area contributed by atoms with Gasteiger partial charge in [-0.2, -0.15) is 5.26 Å². The SMILES string of the molecule is N#Cc1ccc2cc(CCCCO)ccc2c1. The molecule has 2 nitrogen and oxygen atoms in total. The molecule has 0 fully saturated rings. The minimum absolute atomic E-state index is 0.263. The number of nitrogens with zero attached hydrogens (tertiary/aromatic N) is 1. The highest BCUT2D eigenvalue weighted by Crippen LogP contribution is 2.18. The van der Waals surface area contributed by atoms with Crippen LogP contribution in [0.1, 0.15) is 24.0 Å². The van der Waals surface area contributed by atoms with E-state index in [1.165, 1.54) is 10.9 Å². The molecule has 0 radical (unpaired) electrons. The maximum atomic E-state index is 8.82. The zero-order chi connectivity index (χ0) is 12.1. The molecule has 2 rings (SSSR count). The van der Waals surface area contributed by atoms with Gasteiger partial charge >= 0.3 is 0 Å². The molecule has 0 aromatic heterocycles. The lowest BCUT2D eigenvalue weighted by Crippen LogP contribution is -1.89. The van der Waals surface area contributed by atoms with Gasteiger partial charge < -0.3 is 5.11 Å². The Balaban J connectivity index is 2.23. The molecule has 0 aliphatic rings. The van der Waals surface area contributed by atoms with E-state index in [4.69, 9.17) is 10.4 Å². The van der Waals surface area contributed by atoms with Gasteiger partial charge in [-0.1, -0.05) is 24.3 Å². The molecule has 2 heteroatoms. The second-order valence-electron chi connectivity index (χ2n) is 4.19. The number of hydrogen-bond donors (Lipinski definition) is 1. The van der Waals surface area contributed by atoms with Gasteiger partial charge in [-0.05, 0) is 47.7 Å². The Morgan fingerprint density at radius 2 is 1.76 bits per heavy atom. The number of aryl methyl sites for hydroxylation is 1. The third-order valence-electron chi connectivity index (χ3n) is 2.91. The zero-order valence-corrected chi connectivity index (χ0v) is 9.69. The van der Waals surface area contributed by atoms with Gasteiger partial charge in [0.05, 0.1) is 11.6 Å². The first-order valence-electron chi connectivity index (χ1n) is 5.87. The summed E-state index contributed by atoms with van der Waals surface area (Å²) in [6.45, 7) is 0.263. The quantitative estimate of drug-likeness (QED) is 0.813. The first-order chi connectivity index (χ1) is 8.33. The molecular weight excluding hydrogens is 210 g/mol. The summed E-state index contributed by atoms with van der Waals surface area (Å²) < 4.78 is 0. The molecular formula is C15H15NO. The van der Waals surface area contributed by atoms with Gasteiger partial charge in [0.15, 0.2) is 0 Å². The second-order valence-corrected chi connectivity index (χ2v) is 4.19. The molecule has 86 valence electrons. The fourth-order valence-electron chi connectivity index (χ4n) is 1.96. The summed E-state index contributed by atoms with van der Waals surface area (Å²) in [7, 11) is 0. The van der Waals surface area contributed by atoms with Crippen LogP contribution in [0.5, 0.6) is 0 Å². The van der Waals surface area contributed by atoms with Crippen molar-refractivity contribution < 1.29 is 5.11 Å². The predicted molar refractivity (Wildman–Crippen MR) is 68.7 cm³/mol. The number of nitriles is 1. The average molecular weight is 225 g/mol. The van der Waals surface area contributed by atoms with Crippen molar-refractivity contribution in [1.29, 1.82) is 5.26 Å². The number of benzene rings is 2. The second kappa shape index (κ2) is 5.47. The third kappa shape index (κ3) is 2.83. The first-order valence-corrected chi connectivity index (χ1v) is 5.87. The lowest BCUT2D eigenvalue weighted by Gasteiger charge is -2.03. The van der Waals surface area contributed by atoms with Crippen molar-refractivity contribution >= 4 is 10.8 Å². The molecule has 0 aliphatic carbocycles. The Morgan fingerprint density at radius 3 is 2.53 bits per heavy atom. The Labute approximate surface area is 101 Å². The smallest absolute Gasteiger partial charge is 0.0991 e. The van der Waals surface area contributed by atoms with Crippen LogP contribution in [-0.2, 0) is 6.42 Å². The molecule has 2 aromatic rings. The molecule has 0 saturated heterocycles. The summed E-state index contributed by atoms with van der Waals surface area (Å²) in [5.41, 5.74) is 1.99. The monoisotopic (exact) mass is 225 g/mol. The highest BCUT2D eigenvalue weighted by Gasteiger charge is 1.98. The Kier molecular flexibility index (Phi) is 3.74. The fraction of sp³-hybridized carbons (Fsp3) is 0.267. The van der Waals surface area contributed by atoms with E-state index in [1.54, 1.807) is 0 Å². The van der Waals surface area contributed by atoms with E-state index < -0.39 is 0 Å². The van der Waals surface area contributed by atoms with E-state index in [9.17, 15) is 0 Å². The highest BCUT2D eigenvalue weighted by atomic mass is 16.2. The number of unbranched alkanes of at least 4 members (excludes halogenated alkanes) is 1. The van der Waals surface area contributed by atoms with Gasteiger partial charge in [-0.3, -0.25) is 0 Å². The van der Waals surface area contributed by atoms with Crippen molar-refractivity contribution in [2.24, 2.45) is 0 Å². The lowest BCUT2D eigenvalue weighted by atomic mass is 10.0. The summed E-state index contributed by atoms with van der Waals surface area (Å²) in [5, 5.41) is 19.8. The minimum atomic E-state index is 0.263. The molecule has 2 aromatic carbocycles. The number of hydrogen-bond acceptors (Lipinski definition) is 2. The van der Waals surface area contributed by atoms with Gasteiger partial charge in [-0.15, -0.1) is 0 Å². The normalized spacial score (nSPS) is 10.4. The summed E-state index contributed by atoms with van der Waals surface area (Å²) in [6.07, 6.45) is 2.86. The molecule has 0 spiro atoms. The summed E-state index contributed by atoms with van der Waals surface area (Å²) in [5.74, 6) is 0. The number of fused-ring (bicyclic) bond motifs is 1. The van der Waals surface area contributed by atoms with Crippen LogP contribution < -0.4 is 0 Å². The van der Waals surface area contributed by atoms with Crippen LogP contribution in [0, 0.1) is 11.3 Å². The molecule has 0 amide bonds. The van der Waals surface area contributed by atoms with Crippen molar-refractivity contribution in [3.63, 3.8) is 0 Å². The van der Waals surface area contributed by atoms with Crippen molar-refractivity contribution in [3.05, 3.63) is 47.5 Å². The van der Waals surface area contributed by atoms with Gasteiger partial charge in [0.1, 0.15) is 0 Å². The van der Waals surface area contributed by atoms with E-state index in [0.717, 1.165) is 24.6 Å². The molecule has 0 unspecified atom stereocenters. The highest BCUT2D eigenvalue weighted by molar-refractivity contribution is 5.84. The molecule has 0 aliphatic heterocycles. The number of aliphatic hydroxyl groups is 1. The Morgan fingerprint density at radius 1 is 1.00 bits per heavy atom. The average Bonchev–Trinajstić information content (AvgIpc) is 2.38. The molecule has 0 heterocycles. The maximum Gasteiger partial charge on any atom is 0.0991 e. The Hall–Kier alpha value is -1.85. The van der Waals surface area contributed by atoms with Crippen LogP contribution in [0.4, 0.5) is 0 Å². The van der Waals surface area contributed by atoms with E-state index in [2.05, 4.69) is 24.3 Å². The minimum Gasteiger partial charge on any atom is -0.396 e. The van der Waals surface area contributed by atoms with E-state index in [-0.39, 0.29) is 6.61 Å². The summed E-state index contributed by atoms with van der Waals surface area (Å²) in [4.78, 5) is 0. The zero-order valence-electron chi connectivity index (χ0n) is 9.69. The van der Waals surface area contributed by atoms with Crippen LogP contribution in [0.3, 0.4) is 0 Å². The van der Waals surface area contributed by atoms with Crippen LogP contribution in [0.15, 0.2) is 36.4 Å². The van der Waals surface area contributed by atoms with Crippen molar-refractivity contribution in [2.75, 3.05) is 6.61 Å². The van der Waals surface area contributed by atoms with Crippen LogP contribution in [0.2, 0.25) is 0 Å². The molecule has 1 N–H and O–H groups in total. The topological polar surface area (TPSA) is 44.0 Å². The van der Waals surface area contributed by atoms with Crippen LogP contribution in [-0.4, -0.2) is 11.7 Å². The van der Waals surface area contributed by atoms with Crippen molar-refractivity contribution in [3.8, 4) is 6.07 Å². The van der Waals surface area contributed by atoms with Gasteiger partial charge in [-0.25, -0.2) is 0 Å². The molecule has 0 bridgehead atoms. The molecule has 0 saturated carbocycles. The fourth-order valence-corrected chi connectivity index (χ4v) is 1.96.